The van der Waals surface area contributed by atoms with Crippen molar-refractivity contribution in [1.29, 1.82) is 0 Å². The fraction of sp³-hybridized carbons (Fsp3) is 0.897. The Balaban J connectivity index is 1.72. The van der Waals surface area contributed by atoms with Crippen LogP contribution in [0.5, 0.6) is 0 Å². The van der Waals surface area contributed by atoms with Crippen LogP contribution in [0.25, 0.3) is 0 Å². The van der Waals surface area contributed by atoms with Gasteiger partial charge in [-0.3, -0.25) is 0 Å². The van der Waals surface area contributed by atoms with Crippen molar-refractivity contribution in [2.24, 2.45) is 5.73 Å². The maximum Gasteiger partial charge on any atom is 0.166 e. The molecule has 0 saturated carbocycles. The van der Waals surface area contributed by atoms with Gasteiger partial charge in [-0.15, -0.1) is 12.3 Å². The number of hydrogen-bond donors (Lipinski definition) is 9. The van der Waals surface area contributed by atoms with Crippen molar-refractivity contribution in [3.05, 3.63) is 0 Å². The smallest absolute Gasteiger partial charge is 0.166 e. The summed E-state index contributed by atoms with van der Waals surface area (Å²) in [6.45, 7) is 11.0. The van der Waals surface area contributed by atoms with E-state index in [1.54, 1.807) is 0 Å². The first kappa shape index (κ1) is 34.2. The number of unbranched alkanes of at least 4 members (excludes halogenated alkanes) is 10. The largest absolute Gasteiger partial charge is 0.363 e. The minimum atomic E-state index is -0.306. The molecule has 0 unspecified atom stereocenters. The van der Waals surface area contributed by atoms with E-state index in [1.165, 1.54) is 57.8 Å². The second-order valence-corrected chi connectivity index (χ2v) is 12.0. The third-order valence-corrected chi connectivity index (χ3v) is 7.92. The average molecular weight is 566 g/mol. The molecule has 0 aromatic carbocycles. The van der Waals surface area contributed by atoms with Crippen molar-refractivity contribution in [3.63, 3.8) is 0 Å². The Labute approximate surface area is 244 Å². The summed E-state index contributed by atoms with van der Waals surface area (Å²) in [5.41, 5.74) is 6.17. The third kappa shape index (κ3) is 16.7. The maximum absolute atomic E-state index is 6.70. The highest BCUT2D eigenvalue weighted by Crippen LogP contribution is 2.11. The average Bonchev–Trinajstić information content (AvgIpc) is 2.92. The molecule has 0 aromatic heterocycles. The molecular formula is C29H59N9S. The number of fused-ring (bicyclic) bond motifs is 15. The van der Waals surface area contributed by atoms with Gasteiger partial charge in [-0.25, -0.2) is 0 Å². The van der Waals surface area contributed by atoms with Gasteiger partial charge < -0.3 is 48.3 Å². The van der Waals surface area contributed by atoms with Gasteiger partial charge >= 0.3 is 0 Å². The van der Waals surface area contributed by atoms with Gasteiger partial charge in [0, 0.05) is 91.5 Å². The van der Waals surface area contributed by atoms with Crippen molar-refractivity contribution in [1.82, 2.24) is 42.5 Å². The molecule has 0 aromatic rings. The van der Waals surface area contributed by atoms with Crippen LogP contribution in [0.2, 0.25) is 0 Å². The number of hydrogen-bond acceptors (Lipinski definition) is 8. The van der Waals surface area contributed by atoms with Gasteiger partial charge in [0.25, 0.3) is 0 Å². The minimum absolute atomic E-state index is 0.225. The van der Waals surface area contributed by atoms with E-state index in [-0.39, 0.29) is 11.1 Å². The molecule has 0 radical (unpaired) electrons. The molecule has 10 N–H and O–H groups in total. The number of terminal acetylenes is 1. The Bertz CT molecular complexity index is 626. The number of nitrogens with two attached hydrogens (primary N) is 1. The van der Waals surface area contributed by atoms with Crippen LogP contribution in [-0.2, 0) is 0 Å². The van der Waals surface area contributed by atoms with Crippen molar-refractivity contribution in [2.75, 3.05) is 85.1 Å². The van der Waals surface area contributed by atoms with Crippen LogP contribution in [0.15, 0.2) is 0 Å². The van der Waals surface area contributed by atoms with Crippen LogP contribution in [0.4, 0.5) is 0 Å². The Morgan fingerprint density at radius 3 is 1.46 bits per heavy atom. The molecule has 226 valence electrons. The Morgan fingerprint density at radius 2 is 1.03 bits per heavy atom. The lowest BCUT2D eigenvalue weighted by atomic mass is 9.98. The van der Waals surface area contributed by atoms with Crippen LogP contribution in [0.3, 0.4) is 0 Å². The van der Waals surface area contributed by atoms with E-state index < -0.39 is 0 Å². The molecule has 0 spiro atoms. The van der Waals surface area contributed by atoms with Gasteiger partial charge in [0.15, 0.2) is 5.11 Å². The zero-order chi connectivity index (χ0) is 27.9. The molecule has 0 aliphatic carbocycles. The van der Waals surface area contributed by atoms with Gasteiger partial charge in [0.1, 0.15) is 0 Å². The highest BCUT2D eigenvalue weighted by molar-refractivity contribution is 7.80. The highest BCUT2D eigenvalue weighted by atomic mass is 32.1. The van der Waals surface area contributed by atoms with Crippen molar-refractivity contribution < 1.29 is 0 Å². The van der Waals surface area contributed by atoms with Gasteiger partial charge in [0.2, 0.25) is 0 Å². The first-order valence-corrected chi connectivity index (χ1v) is 16.0. The van der Waals surface area contributed by atoms with Gasteiger partial charge in [0.05, 0.1) is 11.1 Å². The van der Waals surface area contributed by atoms with E-state index in [0.717, 1.165) is 103 Å². The first-order chi connectivity index (χ1) is 19.1. The molecule has 3 heterocycles. The molecule has 3 aliphatic rings. The first-order valence-electron chi connectivity index (χ1n) is 15.6. The van der Waals surface area contributed by atoms with Crippen LogP contribution < -0.4 is 48.3 Å². The fourth-order valence-electron chi connectivity index (χ4n) is 5.29. The lowest BCUT2D eigenvalue weighted by Crippen LogP contribution is -2.68. The third-order valence-electron chi connectivity index (χ3n) is 7.67. The standard InChI is InChI=1S/C29H59N9S/c1-2-3-4-5-6-7-8-9-10-11-12-13-14-37-27(39)38-29-24-34-18-15-31-21-28(30,22-32-16-19-35-25-29)23-33-17-20-36-26-29/h1,31-36H,3-26,30H2,(H2,37,38,39). The monoisotopic (exact) mass is 565 g/mol. The summed E-state index contributed by atoms with van der Waals surface area (Å²) in [6, 6.07) is 0. The summed E-state index contributed by atoms with van der Waals surface area (Å²) in [7, 11) is 0. The predicted molar refractivity (Wildman–Crippen MR) is 170 cm³/mol. The topological polar surface area (TPSA) is 122 Å². The van der Waals surface area contributed by atoms with E-state index in [2.05, 4.69) is 48.5 Å². The van der Waals surface area contributed by atoms with Crippen LogP contribution in [0.1, 0.15) is 70.6 Å². The number of rotatable bonds is 13. The predicted octanol–water partition coefficient (Wildman–Crippen LogP) is 0.376. The molecule has 3 fully saturated rings. The van der Waals surface area contributed by atoms with Crippen LogP contribution in [0, 0.1) is 12.3 Å². The van der Waals surface area contributed by atoms with E-state index in [4.69, 9.17) is 24.4 Å². The van der Waals surface area contributed by atoms with Crippen LogP contribution in [-0.4, -0.2) is 101 Å². The van der Waals surface area contributed by atoms with Crippen molar-refractivity contribution >= 4 is 17.3 Å². The van der Waals surface area contributed by atoms with Gasteiger partial charge in [-0.2, -0.15) is 0 Å². The van der Waals surface area contributed by atoms with E-state index >= 15 is 0 Å². The van der Waals surface area contributed by atoms with Gasteiger partial charge in [-0.1, -0.05) is 51.4 Å². The summed E-state index contributed by atoms with van der Waals surface area (Å²) >= 11 is 5.77. The number of thiocarbonyl (C=S) groups is 1. The normalized spacial score (nSPS) is 25.7. The van der Waals surface area contributed by atoms with Crippen LogP contribution >= 0.6 is 12.2 Å². The zero-order valence-electron chi connectivity index (χ0n) is 24.5. The molecule has 10 heteroatoms. The second kappa shape index (κ2) is 21.7. The molecule has 9 nitrogen and oxygen atoms in total. The van der Waals surface area contributed by atoms with E-state index in [0.29, 0.717) is 0 Å². The summed E-state index contributed by atoms with van der Waals surface area (Å²) in [5.74, 6) is 2.73. The molecule has 2 bridgehead atoms. The highest BCUT2D eigenvalue weighted by Gasteiger charge is 2.31. The summed E-state index contributed by atoms with van der Waals surface area (Å²) < 4.78 is 0. The van der Waals surface area contributed by atoms with E-state index in [1.807, 2.05) is 0 Å². The molecule has 3 saturated heterocycles. The lowest BCUT2D eigenvalue weighted by molar-refractivity contribution is 0.298. The zero-order valence-corrected chi connectivity index (χ0v) is 25.4. The second-order valence-electron chi connectivity index (χ2n) is 11.6. The van der Waals surface area contributed by atoms with Gasteiger partial charge in [-0.05, 0) is 25.1 Å². The SMILES string of the molecule is C#CCCCCCCCCCCCCNC(=S)NC12CNCCNCC(N)(CNCCNC1)CNCCNC2. The summed E-state index contributed by atoms with van der Waals surface area (Å²) in [4.78, 5) is 0. The molecule has 39 heavy (non-hydrogen) atoms. The Hall–Kier alpha value is -1.03. The molecule has 3 rings (SSSR count). The molecular weight excluding hydrogens is 506 g/mol. The van der Waals surface area contributed by atoms with Crippen molar-refractivity contribution in [3.8, 4) is 12.3 Å². The molecule has 0 atom stereocenters. The quantitative estimate of drug-likeness (QED) is 0.0880. The Morgan fingerprint density at radius 1 is 0.641 bits per heavy atom. The lowest BCUT2D eigenvalue weighted by Gasteiger charge is -2.38. The molecule has 3 aliphatic heterocycles. The summed E-state index contributed by atoms with van der Waals surface area (Å²) in [5, 5.41) is 29.5. The maximum atomic E-state index is 6.70. The summed E-state index contributed by atoms with van der Waals surface area (Å²) in [6.07, 6.45) is 19.2. The number of nitrogens with one attached hydrogen (secondary N) is 8. The Kier molecular flexibility index (Phi) is 19.0. The molecule has 0 amide bonds. The minimum Gasteiger partial charge on any atom is -0.363 e. The van der Waals surface area contributed by atoms with E-state index in [9.17, 15) is 0 Å². The van der Waals surface area contributed by atoms with Crippen molar-refractivity contribution in [2.45, 2.75) is 81.7 Å². The fourth-order valence-corrected chi connectivity index (χ4v) is 5.60.